The number of piperidine rings is 1. The van der Waals surface area contributed by atoms with Gasteiger partial charge in [-0.15, -0.1) is 0 Å². The van der Waals surface area contributed by atoms with Crippen LogP contribution in [0.2, 0.25) is 10.0 Å². The molecule has 5 rings (SSSR count). The summed E-state index contributed by atoms with van der Waals surface area (Å²) in [5, 5.41) is 18.1. The number of methoxy groups -OCH3 is 1. The van der Waals surface area contributed by atoms with E-state index < -0.39 is 5.60 Å². The van der Waals surface area contributed by atoms with E-state index in [0.717, 1.165) is 34.0 Å². The molecule has 0 saturated carbocycles. The SMILES string of the molecule is COc1nc2ccc(Cl)cc2cc1C(c1ccc(Cl)cc1)C1(O)CCNC(Cc2cccnc2)C1. The number of ether oxygens (including phenoxy) is 1. The maximum atomic E-state index is 12.3. The summed E-state index contributed by atoms with van der Waals surface area (Å²) in [6.07, 6.45) is 5.58. The molecule has 0 radical (unpaired) electrons. The summed E-state index contributed by atoms with van der Waals surface area (Å²) in [5.74, 6) is 0.125. The monoisotopic (exact) mass is 507 g/mol. The number of aromatic nitrogens is 2. The first-order chi connectivity index (χ1) is 16.9. The van der Waals surface area contributed by atoms with E-state index in [1.165, 1.54) is 0 Å². The van der Waals surface area contributed by atoms with Crippen LogP contribution in [0.1, 0.15) is 35.4 Å². The fraction of sp³-hybridized carbons (Fsp3) is 0.286. The Labute approximate surface area is 215 Å². The summed E-state index contributed by atoms with van der Waals surface area (Å²) in [6, 6.07) is 19.4. The standard InChI is InChI=1S/C28H27Cl2N3O2/c1-35-27-24(15-20-14-22(30)8-9-25(20)33-27)26(19-4-6-21(29)7-5-19)28(34)10-12-32-23(16-28)13-18-3-2-11-31-17-18/h2-9,11,14-15,17,23,26,32,34H,10,12-13,16H2,1H3. The number of benzene rings is 2. The molecule has 2 N–H and O–H groups in total. The maximum absolute atomic E-state index is 12.3. The number of nitrogens with zero attached hydrogens (tertiary/aromatic N) is 2. The van der Waals surface area contributed by atoms with E-state index >= 15 is 0 Å². The van der Waals surface area contributed by atoms with Gasteiger partial charge in [0.2, 0.25) is 5.88 Å². The molecule has 0 bridgehead atoms. The van der Waals surface area contributed by atoms with E-state index in [1.807, 2.05) is 60.8 Å². The van der Waals surface area contributed by atoms with Crippen LogP contribution in [0.3, 0.4) is 0 Å². The third-order valence-corrected chi connectivity index (χ3v) is 7.30. The van der Waals surface area contributed by atoms with E-state index in [9.17, 15) is 5.11 Å². The van der Waals surface area contributed by atoms with Gasteiger partial charge in [-0.2, -0.15) is 0 Å². The second-order valence-corrected chi connectivity index (χ2v) is 10.1. The van der Waals surface area contributed by atoms with Gasteiger partial charge in [0.15, 0.2) is 0 Å². The van der Waals surface area contributed by atoms with Crippen LogP contribution >= 0.6 is 23.2 Å². The van der Waals surface area contributed by atoms with Gasteiger partial charge in [0, 0.05) is 45.3 Å². The largest absolute Gasteiger partial charge is 0.481 e. The zero-order valence-corrected chi connectivity index (χ0v) is 20.9. The van der Waals surface area contributed by atoms with Gasteiger partial charge in [-0.1, -0.05) is 41.4 Å². The van der Waals surface area contributed by atoms with Crippen LogP contribution in [0.25, 0.3) is 10.9 Å². The number of hydrogen-bond acceptors (Lipinski definition) is 5. The maximum Gasteiger partial charge on any atom is 0.217 e. The molecule has 180 valence electrons. The zero-order valence-electron chi connectivity index (χ0n) is 19.4. The number of pyridine rings is 2. The Morgan fingerprint density at radius 3 is 2.66 bits per heavy atom. The number of hydrogen-bond donors (Lipinski definition) is 2. The smallest absolute Gasteiger partial charge is 0.217 e. The number of halogens is 2. The molecule has 0 amide bonds. The van der Waals surface area contributed by atoms with Crippen molar-refractivity contribution >= 4 is 34.1 Å². The van der Waals surface area contributed by atoms with E-state index in [0.29, 0.717) is 35.3 Å². The highest BCUT2D eigenvalue weighted by Crippen LogP contribution is 2.45. The van der Waals surface area contributed by atoms with E-state index in [-0.39, 0.29) is 12.0 Å². The van der Waals surface area contributed by atoms with Crippen molar-refractivity contribution in [1.82, 2.24) is 15.3 Å². The molecule has 0 aliphatic carbocycles. The molecule has 7 heteroatoms. The van der Waals surface area contributed by atoms with Gasteiger partial charge >= 0.3 is 0 Å². The highest BCUT2D eigenvalue weighted by molar-refractivity contribution is 6.31. The lowest BCUT2D eigenvalue weighted by Crippen LogP contribution is -2.52. The van der Waals surface area contributed by atoms with Gasteiger partial charge in [0.25, 0.3) is 0 Å². The van der Waals surface area contributed by atoms with Gasteiger partial charge < -0.3 is 15.2 Å². The Bertz CT molecular complexity index is 1320. The third kappa shape index (κ3) is 5.14. The molecule has 3 atom stereocenters. The highest BCUT2D eigenvalue weighted by atomic mass is 35.5. The fourth-order valence-electron chi connectivity index (χ4n) is 5.25. The lowest BCUT2D eigenvalue weighted by atomic mass is 9.70. The molecule has 0 spiro atoms. The van der Waals surface area contributed by atoms with Crippen molar-refractivity contribution in [2.24, 2.45) is 0 Å². The summed E-state index contributed by atoms with van der Waals surface area (Å²) >= 11 is 12.5. The van der Waals surface area contributed by atoms with Crippen molar-refractivity contribution < 1.29 is 9.84 Å². The summed E-state index contributed by atoms with van der Waals surface area (Å²) in [5.41, 5.74) is 2.68. The van der Waals surface area contributed by atoms with Crippen molar-refractivity contribution in [2.75, 3.05) is 13.7 Å². The molecular weight excluding hydrogens is 481 g/mol. The average molecular weight is 508 g/mol. The topological polar surface area (TPSA) is 67.3 Å². The number of aliphatic hydroxyl groups is 1. The zero-order chi connectivity index (χ0) is 24.4. The van der Waals surface area contributed by atoms with Crippen LogP contribution in [0.5, 0.6) is 5.88 Å². The van der Waals surface area contributed by atoms with E-state index in [1.54, 1.807) is 13.3 Å². The van der Waals surface area contributed by atoms with E-state index in [2.05, 4.69) is 16.4 Å². The van der Waals surface area contributed by atoms with Crippen LogP contribution in [0.15, 0.2) is 73.1 Å². The van der Waals surface area contributed by atoms with Gasteiger partial charge in [0.1, 0.15) is 0 Å². The Kier molecular flexibility index (Phi) is 6.94. The van der Waals surface area contributed by atoms with Gasteiger partial charge in [0.05, 0.1) is 18.2 Å². The molecule has 2 aromatic heterocycles. The number of fused-ring (bicyclic) bond motifs is 1. The Morgan fingerprint density at radius 2 is 1.91 bits per heavy atom. The van der Waals surface area contributed by atoms with Gasteiger partial charge in [-0.3, -0.25) is 4.98 Å². The van der Waals surface area contributed by atoms with Gasteiger partial charge in [-0.05, 0) is 79.4 Å². The Balaban J connectivity index is 1.60. The molecule has 3 unspecified atom stereocenters. The highest BCUT2D eigenvalue weighted by Gasteiger charge is 2.44. The van der Waals surface area contributed by atoms with Crippen molar-refractivity contribution in [3.05, 3.63) is 99.8 Å². The molecule has 3 heterocycles. The molecule has 1 aliphatic rings. The third-order valence-electron chi connectivity index (χ3n) is 6.81. The quantitative estimate of drug-likeness (QED) is 0.345. The summed E-state index contributed by atoms with van der Waals surface area (Å²) in [4.78, 5) is 9.01. The van der Waals surface area contributed by atoms with Gasteiger partial charge in [-0.25, -0.2) is 4.98 Å². The van der Waals surface area contributed by atoms with Crippen LogP contribution in [0, 0.1) is 0 Å². The molecule has 4 aromatic rings. The van der Waals surface area contributed by atoms with Crippen molar-refractivity contribution in [1.29, 1.82) is 0 Å². The molecule has 5 nitrogen and oxygen atoms in total. The summed E-state index contributed by atoms with van der Waals surface area (Å²) < 4.78 is 5.76. The molecule has 1 aliphatic heterocycles. The minimum absolute atomic E-state index is 0.0987. The minimum Gasteiger partial charge on any atom is -0.481 e. The summed E-state index contributed by atoms with van der Waals surface area (Å²) in [7, 11) is 1.62. The predicted molar refractivity (Wildman–Crippen MR) is 141 cm³/mol. The Hall–Kier alpha value is -2.70. The normalized spacial score (nSPS) is 21.1. The van der Waals surface area contributed by atoms with Crippen LogP contribution < -0.4 is 10.1 Å². The first-order valence-electron chi connectivity index (χ1n) is 11.7. The van der Waals surface area contributed by atoms with Crippen molar-refractivity contribution in [2.45, 2.75) is 36.8 Å². The van der Waals surface area contributed by atoms with Crippen LogP contribution in [0.4, 0.5) is 0 Å². The average Bonchev–Trinajstić information content (AvgIpc) is 2.85. The predicted octanol–water partition coefficient (Wildman–Crippen LogP) is 5.80. The van der Waals surface area contributed by atoms with Crippen LogP contribution in [-0.4, -0.2) is 40.4 Å². The fourth-order valence-corrected chi connectivity index (χ4v) is 5.56. The molecule has 1 saturated heterocycles. The van der Waals surface area contributed by atoms with E-state index in [4.69, 9.17) is 32.9 Å². The second kappa shape index (κ2) is 10.1. The van der Waals surface area contributed by atoms with Crippen LogP contribution in [-0.2, 0) is 6.42 Å². The summed E-state index contributed by atoms with van der Waals surface area (Å²) in [6.45, 7) is 0.695. The number of rotatable bonds is 6. The minimum atomic E-state index is -1.03. The first kappa shape index (κ1) is 24.0. The lowest BCUT2D eigenvalue weighted by molar-refractivity contribution is -0.0191. The Morgan fingerprint density at radius 1 is 1.11 bits per heavy atom. The molecule has 2 aromatic carbocycles. The van der Waals surface area contributed by atoms with Crippen molar-refractivity contribution in [3.8, 4) is 5.88 Å². The molecule has 1 fully saturated rings. The van der Waals surface area contributed by atoms with Crippen molar-refractivity contribution in [3.63, 3.8) is 0 Å². The number of nitrogens with one attached hydrogen (secondary N) is 1. The first-order valence-corrected chi connectivity index (χ1v) is 12.4. The molecule has 35 heavy (non-hydrogen) atoms. The molecular formula is C28H27Cl2N3O2. The lowest BCUT2D eigenvalue weighted by Gasteiger charge is -2.43. The second-order valence-electron chi connectivity index (χ2n) is 9.18.